The summed E-state index contributed by atoms with van der Waals surface area (Å²) in [7, 11) is 1.41. The predicted octanol–water partition coefficient (Wildman–Crippen LogP) is 1.15. The van der Waals surface area contributed by atoms with Gasteiger partial charge in [0.1, 0.15) is 0 Å². The Morgan fingerprint density at radius 1 is 1.29 bits per heavy atom. The number of nitrogens with zero attached hydrogens (tertiary/aromatic N) is 1. The highest BCUT2D eigenvalue weighted by molar-refractivity contribution is 7.99. The molecule has 0 aromatic rings. The maximum atomic E-state index is 12.2. The van der Waals surface area contributed by atoms with E-state index in [0.717, 1.165) is 37.3 Å². The van der Waals surface area contributed by atoms with Crippen LogP contribution in [0.25, 0.3) is 0 Å². The summed E-state index contributed by atoms with van der Waals surface area (Å²) in [6, 6.07) is 0. The molecule has 0 saturated carbocycles. The van der Waals surface area contributed by atoms with Gasteiger partial charge in [-0.1, -0.05) is 0 Å². The Bertz CT molecular complexity index is 302. The Morgan fingerprint density at radius 2 is 2.12 bits per heavy atom. The lowest BCUT2D eigenvalue weighted by atomic mass is 9.96. The molecule has 2 aliphatic rings. The van der Waals surface area contributed by atoms with Gasteiger partial charge >= 0.3 is 5.97 Å². The van der Waals surface area contributed by atoms with E-state index >= 15 is 0 Å². The van der Waals surface area contributed by atoms with Gasteiger partial charge in [0, 0.05) is 24.8 Å². The fourth-order valence-corrected chi connectivity index (χ4v) is 3.74. The molecule has 96 valence electrons. The minimum atomic E-state index is -0.178. The van der Waals surface area contributed by atoms with Crippen molar-refractivity contribution >= 4 is 23.6 Å². The lowest BCUT2D eigenvalue weighted by Crippen LogP contribution is -2.45. The molecule has 2 saturated heterocycles. The molecule has 17 heavy (non-hydrogen) atoms. The normalized spacial score (nSPS) is 29.1. The maximum Gasteiger partial charge on any atom is 0.310 e. The number of amides is 1. The first-order valence-electron chi connectivity index (χ1n) is 6.16. The van der Waals surface area contributed by atoms with Gasteiger partial charge in [0.15, 0.2) is 0 Å². The van der Waals surface area contributed by atoms with Crippen LogP contribution in [-0.2, 0) is 14.3 Å². The quantitative estimate of drug-likeness (QED) is 0.696. The first kappa shape index (κ1) is 12.7. The predicted molar refractivity (Wildman–Crippen MR) is 66.8 cm³/mol. The van der Waals surface area contributed by atoms with Gasteiger partial charge in [-0.25, -0.2) is 0 Å². The lowest BCUT2D eigenvalue weighted by molar-refractivity contribution is -0.149. The van der Waals surface area contributed by atoms with Crippen LogP contribution in [0.3, 0.4) is 0 Å². The van der Waals surface area contributed by atoms with Crippen LogP contribution in [0.1, 0.15) is 19.3 Å². The third-order valence-electron chi connectivity index (χ3n) is 3.55. The Kier molecular flexibility index (Phi) is 4.31. The third-order valence-corrected chi connectivity index (χ3v) is 4.71. The van der Waals surface area contributed by atoms with Gasteiger partial charge in [0.25, 0.3) is 0 Å². The molecule has 0 spiro atoms. The summed E-state index contributed by atoms with van der Waals surface area (Å²) in [6.07, 6.45) is 2.74. The Labute approximate surface area is 106 Å². The molecule has 4 nitrogen and oxygen atoms in total. The van der Waals surface area contributed by atoms with Crippen molar-refractivity contribution in [2.45, 2.75) is 19.3 Å². The van der Waals surface area contributed by atoms with Crippen molar-refractivity contribution < 1.29 is 14.3 Å². The average molecular weight is 257 g/mol. The second kappa shape index (κ2) is 5.76. The summed E-state index contributed by atoms with van der Waals surface area (Å²) in [4.78, 5) is 25.6. The molecule has 0 aromatic carbocycles. The molecule has 0 radical (unpaired) electrons. The highest BCUT2D eigenvalue weighted by atomic mass is 32.2. The van der Waals surface area contributed by atoms with Gasteiger partial charge < -0.3 is 9.64 Å². The molecule has 2 aliphatic heterocycles. The van der Waals surface area contributed by atoms with Crippen LogP contribution in [0.2, 0.25) is 0 Å². The van der Waals surface area contributed by atoms with Crippen molar-refractivity contribution in [3.63, 3.8) is 0 Å². The number of likely N-dealkylation sites (tertiary alicyclic amines) is 1. The zero-order valence-electron chi connectivity index (χ0n) is 10.2. The fraction of sp³-hybridized carbons (Fsp3) is 0.833. The summed E-state index contributed by atoms with van der Waals surface area (Å²) in [6.45, 7) is 1.35. The Morgan fingerprint density at radius 3 is 2.76 bits per heavy atom. The molecule has 2 unspecified atom stereocenters. The van der Waals surface area contributed by atoms with Crippen molar-refractivity contribution in [3.05, 3.63) is 0 Å². The van der Waals surface area contributed by atoms with E-state index < -0.39 is 0 Å². The first-order valence-corrected chi connectivity index (χ1v) is 7.32. The van der Waals surface area contributed by atoms with Crippen molar-refractivity contribution in [1.29, 1.82) is 0 Å². The van der Waals surface area contributed by atoms with E-state index in [1.54, 1.807) is 0 Å². The van der Waals surface area contributed by atoms with E-state index in [0.29, 0.717) is 6.54 Å². The SMILES string of the molecule is COC(=O)C1CCCN(C(=O)C2CCSC2)C1. The summed E-state index contributed by atoms with van der Waals surface area (Å²) in [5.74, 6) is 2.15. The van der Waals surface area contributed by atoms with Crippen LogP contribution < -0.4 is 0 Å². The molecule has 0 aromatic heterocycles. The topological polar surface area (TPSA) is 46.6 Å². The number of hydrogen-bond acceptors (Lipinski definition) is 4. The molecule has 2 rings (SSSR count). The fourth-order valence-electron chi connectivity index (χ4n) is 2.52. The number of carbonyl (C=O) groups is 2. The number of methoxy groups -OCH3 is 1. The van der Waals surface area contributed by atoms with Crippen LogP contribution in [0.5, 0.6) is 0 Å². The van der Waals surface area contributed by atoms with Gasteiger partial charge in [0.2, 0.25) is 5.91 Å². The van der Waals surface area contributed by atoms with Gasteiger partial charge in [0.05, 0.1) is 13.0 Å². The third kappa shape index (κ3) is 2.94. The van der Waals surface area contributed by atoms with Crippen LogP contribution >= 0.6 is 11.8 Å². The zero-order chi connectivity index (χ0) is 12.3. The maximum absolute atomic E-state index is 12.2. The number of hydrogen-bond donors (Lipinski definition) is 0. The summed E-state index contributed by atoms with van der Waals surface area (Å²) in [5, 5.41) is 0. The van der Waals surface area contributed by atoms with E-state index in [1.807, 2.05) is 16.7 Å². The Hall–Kier alpha value is -0.710. The molecule has 2 atom stereocenters. The van der Waals surface area contributed by atoms with E-state index in [4.69, 9.17) is 4.74 Å². The van der Waals surface area contributed by atoms with Gasteiger partial charge in [-0.05, 0) is 25.0 Å². The average Bonchev–Trinajstić information content (AvgIpc) is 2.91. The van der Waals surface area contributed by atoms with Gasteiger partial charge in [-0.2, -0.15) is 11.8 Å². The standard InChI is InChI=1S/C12H19NO3S/c1-16-12(15)9-3-2-5-13(7-9)11(14)10-4-6-17-8-10/h9-10H,2-8H2,1H3. The molecule has 0 N–H and O–H groups in total. The van der Waals surface area contributed by atoms with Crippen molar-refractivity contribution in [3.8, 4) is 0 Å². The minimum Gasteiger partial charge on any atom is -0.469 e. The van der Waals surface area contributed by atoms with Gasteiger partial charge in [-0.15, -0.1) is 0 Å². The molecule has 2 heterocycles. The first-order chi connectivity index (χ1) is 8.22. The van der Waals surface area contributed by atoms with Crippen LogP contribution in [0, 0.1) is 11.8 Å². The van der Waals surface area contributed by atoms with Gasteiger partial charge in [-0.3, -0.25) is 9.59 Å². The van der Waals surface area contributed by atoms with E-state index in [1.165, 1.54) is 7.11 Å². The zero-order valence-corrected chi connectivity index (χ0v) is 11.0. The molecule has 5 heteroatoms. The number of carbonyl (C=O) groups excluding carboxylic acids is 2. The molecule has 0 aliphatic carbocycles. The van der Waals surface area contributed by atoms with Crippen LogP contribution in [0.4, 0.5) is 0 Å². The van der Waals surface area contributed by atoms with Crippen molar-refractivity contribution in [1.82, 2.24) is 4.90 Å². The minimum absolute atomic E-state index is 0.119. The largest absolute Gasteiger partial charge is 0.469 e. The highest BCUT2D eigenvalue weighted by Gasteiger charge is 2.33. The van der Waals surface area contributed by atoms with E-state index in [9.17, 15) is 9.59 Å². The second-order valence-corrected chi connectivity index (χ2v) is 5.86. The van der Waals surface area contributed by atoms with E-state index in [-0.39, 0.29) is 23.7 Å². The molecule has 0 bridgehead atoms. The van der Waals surface area contributed by atoms with Crippen molar-refractivity contribution in [2.75, 3.05) is 31.7 Å². The summed E-state index contributed by atoms with van der Waals surface area (Å²) >= 11 is 1.85. The smallest absolute Gasteiger partial charge is 0.310 e. The van der Waals surface area contributed by atoms with Crippen molar-refractivity contribution in [2.24, 2.45) is 11.8 Å². The van der Waals surface area contributed by atoms with E-state index in [2.05, 4.69) is 0 Å². The number of rotatable bonds is 2. The number of ether oxygens (including phenoxy) is 1. The lowest BCUT2D eigenvalue weighted by Gasteiger charge is -2.32. The molecule has 2 fully saturated rings. The Balaban J connectivity index is 1.92. The molecule has 1 amide bonds. The summed E-state index contributed by atoms with van der Waals surface area (Å²) < 4.78 is 4.76. The van der Waals surface area contributed by atoms with Crippen LogP contribution in [-0.4, -0.2) is 48.5 Å². The number of piperidine rings is 1. The summed E-state index contributed by atoms with van der Waals surface area (Å²) in [5.41, 5.74) is 0. The second-order valence-electron chi connectivity index (χ2n) is 4.71. The molecular formula is C12H19NO3S. The number of esters is 1. The monoisotopic (exact) mass is 257 g/mol. The number of thioether (sulfide) groups is 1. The highest BCUT2D eigenvalue weighted by Crippen LogP contribution is 2.27. The molecular weight excluding hydrogens is 238 g/mol. The van der Waals surface area contributed by atoms with Crippen LogP contribution in [0.15, 0.2) is 0 Å².